The molecule has 1 aromatic rings. The number of hydrogen-bond donors (Lipinski definition) is 0. The fourth-order valence-electron chi connectivity index (χ4n) is 4.59. The third-order valence-electron chi connectivity index (χ3n) is 6.16. The van der Waals surface area contributed by atoms with Gasteiger partial charge in [0.25, 0.3) is 0 Å². The van der Waals surface area contributed by atoms with Crippen LogP contribution in [-0.2, 0) is 4.74 Å². The minimum Gasteiger partial charge on any atom is -0.491 e. The van der Waals surface area contributed by atoms with Crippen LogP contribution in [0.2, 0.25) is 0 Å². The molecule has 27 heavy (non-hydrogen) atoms. The van der Waals surface area contributed by atoms with E-state index < -0.39 is 11.6 Å². The van der Waals surface area contributed by atoms with Crippen LogP contribution >= 0.6 is 0 Å². The Morgan fingerprint density at radius 3 is 2.37 bits per heavy atom. The second-order valence-corrected chi connectivity index (χ2v) is 7.88. The third-order valence-corrected chi connectivity index (χ3v) is 6.16. The van der Waals surface area contributed by atoms with Crippen LogP contribution in [0.15, 0.2) is 24.3 Å². The fourth-order valence-corrected chi connectivity index (χ4v) is 4.59. The van der Waals surface area contributed by atoms with Crippen LogP contribution in [-0.4, -0.2) is 13.2 Å². The maximum atomic E-state index is 14.4. The zero-order chi connectivity index (χ0) is 19.2. The van der Waals surface area contributed by atoms with Gasteiger partial charge in [0.15, 0.2) is 11.6 Å². The van der Waals surface area contributed by atoms with Crippen molar-refractivity contribution >= 4 is 0 Å². The highest BCUT2D eigenvalue weighted by molar-refractivity contribution is 5.32. The van der Waals surface area contributed by atoms with Gasteiger partial charge in [0.05, 0.1) is 19.3 Å². The number of hydrogen-bond acceptors (Lipinski definition) is 2. The van der Waals surface area contributed by atoms with E-state index in [1.807, 2.05) is 0 Å². The van der Waals surface area contributed by atoms with Crippen molar-refractivity contribution in [3.8, 4) is 5.75 Å². The summed E-state index contributed by atoms with van der Waals surface area (Å²) in [4.78, 5) is 0. The van der Waals surface area contributed by atoms with Gasteiger partial charge in [-0.15, -0.1) is 0 Å². The highest BCUT2D eigenvalue weighted by Gasteiger charge is 2.32. The van der Waals surface area contributed by atoms with Gasteiger partial charge in [-0.3, -0.25) is 0 Å². The smallest absolute Gasteiger partial charge is 0.200 e. The largest absolute Gasteiger partial charge is 0.491 e. The van der Waals surface area contributed by atoms with E-state index in [1.165, 1.54) is 31.7 Å². The minimum absolute atomic E-state index is 0.0266. The van der Waals surface area contributed by atoms with Gasteiger partial charge < -0.3 is 9.47 Å². The van der Waals surface area contributed by atoms with Gasteiger partial charge in [-0.25, -0.2) is 4.39 Å². The lowest BCUT2D eigenvalue weighted by Gasteiger charge is -2.37. The number of allylic oxidation sites excluding steroid dienone is 2. The summed E-state index contributed by atoms with van der Waals surface area (Å²) in [6.45, 7) is 4.90. The number of halogens is 2. The Morgan fingerprint density at radius 2 is 1.74 bits per heavy atom. The molecule has 1 saturated carbocycles. The van der Waals surface area contributed by atoms with E-state index in [-0.39, 0.29) is 11.9 Å². The second-order valence-electron chi connectivity index (χ2n) is 7.88. The quantitative estimate of drug-likeness (QED) is 0.519. The topological polar surface area (TPSA) is 18.5 Å². The average Bonchev–Trinajstić information content (AvgIpc) is 2.71. The Labute approximate surface area is 161 Å². The SMILES string of the molecule is CC/C=C/C1CCC(C2CC[C@@H](c3ccc(OCC)c(F)c3F)OC2)CC1. The van der Waals surface area contributed by atoms with Gasteiger partial charge in [0, 0.05) is 5.56 Å². The van der Waals surface area contributed by atoms with Crippen molar-refractivity contribution in [1.29, 1.82) is 0 Å². The molecule has 1 unspecified atom stereocenters. The predicted octanol–water partition coefficient (Wildman–Crippen LogP) is 6.60. The number of rotatable bonds is 6. The molecular weight excluding hydrogens is 346 g/mol. The Morgan fingerprint density at radius 1 is 1.00 bits per heavy atom. The molecule has 2 aliphatic rings. The van der Waals surface area contributed by atoms with Crippen LogP contribution < -0.4 is 4.74 Å². The molecule has 3 rings (SSSR count). The van der Waals surface area contributed by atoms with Crippen molar-refractivity contribution in [2.24, 2.45) is 17.8 Å². The molecule has 0 amide bonds. The van der Waals surface area contributed by atoms with Crippen molar-refractivity contribution in [2.45, 2.75) is 64.9 Å². The molecule has 4 heteroatoms. The first-order valence-electron chi connectivity index (χ1n) is 10.5. The molecule has 1 saturated heterocycles. The van der Waals surface area contributed by atoms with Crippen LogP contribution in [0.5, 0.6) is 5.75 Å². The molecule has 0 radical (unpaired) electrons. The maximum absolute atomic E-state index is 14.4. The highest BCUT2D eigenvalue weighted by atomic mass is 19.2. The van der Waals surface area contributed by atoms with Gasteiger partial charge in [-0.2, -0.15) is 4.39 Å². The first-order valence-corrected chi connectivity index (χ1v) is 10.5. The molecule has 150 valence electrons. The summed E-state index contributed by atoms with van der Waals surface area (Å²) in [5, 5.41) is 0. The van der Waals surface area contributed by atoms with E-state index >= 15 is 0 Å². The normalized spacial score (nSPS) is 29.2. The van der Waals surface area contributed by atoms with E-state index in [9.17, 15) is 8.78 Å². The lowest BCUT2D eigenvalue weighted by Crippen LogP contribution is -2.29. The molecule has 0 aromatic heterocycles. The van der Waals surface area contributed by atoms with Crippen LogP contribution in [0.25, 0.3) is 0 Å². The first-order chi connectivity index (χ1) is 13.1. The Balaban J connectivity index is 1.54. The molecule has 0 N–H and O–H groups in total. The standard InChI is InChI=1S/C23H32F2O2/c1-3-5-6-16-7-9-17(10-8-16)18-11-13-20(27-15-18)19-12-14-21(26-4-2)23(25)22(19)24/h5-6,12,14,16-18,20H,3-4,7-11,13,15H2,1-2H3/b6-5+/t16?,17?,18?,20-/m0/s1. The van der Waals surface area contributed by atoms with Gasteiger partial charge >= 0.3 is 0 Å². The van der Waals surface area contributed by atoms with Gasteiger partial charge in [-0.1, -0.05) is 19.1 Å². The van der Waals surface area contributed by atoms with Crippen molar-refractivity contribution in [3.05, 3.63) is 41.5 Å². The zero-order valence-corrected chi connectivity index (χ0v) is 16.6. The summed E-state index contributed by atoms with van der Waals surface area (Å²) in [7, 11) is 0. The van der Waals surface area contributed by atoms with Crippen molar-refractivity contribution in [2.75, 3.05) is 13.2 Å². The molecular formula is C23H32F2O2. The number of benzene rings is 1. The van der Waals surface area contributed by atoms with E-state index in [1.54, 1.807) is 13.0 Å². The second kappa shape index (κ2) is 9.68. The molecule has 2 nitrogen and oxygen atoms in total. The lowest BCUT2D eigenvalue weighted by atomic mass is 9.73. The summed E-state index contributed by atoms with van der Waals surface area (Å²) in [6, 6.07) is 3.12. The zero-order valence-electron chi connectivity index (χ0n) is 16.6. The summed E-state index contributed by atoms with van der Waals surface area (Å²) >= 11 is 0. The molecule has 1 heterocycles. The van der Waals surface area contributed by atoms with E-state index in [0.717, 1.165) is 25.2 Å². The van der Waals surface area contributed by atoms with E-state index in [4.69, 9.17) is 9.47 Å². The van der Waals surface area contributed by atoms with Crippen LogP contribution in [0.4, 0.5) is 8.78 Å². The summed E-state index contributed by atoms with van der Waals surface area (Å²) in [5.74, 6) is 0.235. The Bertz CT molecular complexity index is 628. The van der Waals surface area contributed by atoms with Gasteiger partial charge in [0.2, 0.25) is 5.82 Å². The van der Waals surface area contributed by atoms with Crippen molar-refractivity contribution < 1.29 is 18.3 Å². The van der Waals surface area contributed by atoms with Gasteiger partial charge in [-0.05, 0) is 81.8 Å². The van der Waals surface area contributed by atoms with Gasteiger partial charge in [0.1, 0.15) is 0 Å². The van der Waals surface area contributed by atoms with Crippen LogP contribution in [0.1, 0.15) is 70.5 Å². The molecule has 0 bridgehead atoms. The summed E-state index contributed by atoms with van der Waals surface area (Å²) in [6.07, 6.45) is 12.2. The molecule has 2 fully saturated rings. The average molecular weight is 379 g/mol. The summed E-state index contributed by atoms with van der Waals surface area (Å²) in [5.41, 5.74) is 0.322. The first kappa shape index (κ1) is 20.3. The lowest BCUT2D eigenvalue weighted by molar-refractivity contribution is -0.0412. The molecule has 2 atom stereocenters. The minimum atomic E-state index is -0.904. The van der Waals surface area contributed by atoms with Crippen molar-refractivity contribution in [1.82, 2.24) is 0 Å². The monoisotopic (exact) mass is 378 g/mol. The van der Waals surface area contributed by atoms with Crippen LogP contribution in [0, 0.1) is 29.4 Å². The molecule has 1 aliphatic carbocycles. The molecule has 1 aromatic carbocycles. The van der Waals surface area contributed by atoms with E-state index in [2.05, 4.69) is 19.1 Å². The Kier molecular flexibility index (Phi) is 7.28. The third kappa shape index (κ3) is 4.90. The summed E-state index contributed by atoms with van der Waals surface area (Å²) < 4.78 is 39.7. The van der Waals surface area contributed by atoms with Crippen LogP contribution in [0.3, 0.4) is 0 Å². The Hall–Kier alpha value is -1.42. The predicted molar refractivity (Wildman–Crippen MR) is 104 cm³/mol. The number of ether oxygens (including phenoxy) is 2. The molecule has 0 spiro atoms. The fraction of sp³-hybridized carbons (Fsp3) is 0.652. The van der Waals surface area contributed by atoms with Crippen molar-refractivity contribution in [3.63, 3.8) is 0 Å². The van der Waals surface area contributed by atoms with E-state index in [0.29, 0.717) is 30.6 Å². The molecule has 1 aliphatic heterocycles. The maximum Gasteiger partial charge on any atom is 0.200 e. The highest BCUT2D eigenvalue weighted by Crippen LogP contribution is 2.41.